The van der Waals surface area contributed by atoms with Gasteiger partial charge in [0.25, 0.3) is 0 Å². The van der Waals surface area contributed by atoms with Crippen LogP contribution < -0.4 is 11.5 Å². The second-order valence-corrected chi connectivity index (χ2v) is 4.18. The summed E-state index contributed by atoms with van der Waals surface area (Å²) in [5.41, 5.74) is 7.43. The average Bonchev–Trinajstić information content (AvgIpc) is 2.63. The molecule has 1 aromatic carbocycles. The van der Waals surface area contributed by atoms with Gasteiger partial charge in [-0.25, -0.2) is 4.79 Å². The minimum absolute atomic E-state index is 0.0147. The van der Waals surface area contributed by atoms with E-state index in [1.54, 1.807) is 26.2 Å². The monoisotopic (exact) mass is 249 g/mol. The number of hydrogen-bond donors (Lipinski definition) is 1. The predicted octanol–water partition coefficient (Wildman–Crippen LogP) is 0.0486. The highest BCUT2D eigenvalue weighted by Crippen LogP contribution is 2.15. The number of carbonyl (C=O) groups excluding carboxylic acids is 1. The topological polar surface area (TPSA) is 81.5 Å². The van der Waals surface area contributed by atoms with Crippen molar-refractivity contribution < 1.29 is 9.21 Å². The second kappa shape index (κ2) is 4.66. The minimum Gasteiger partial charge on any atom is -0.408 e. The van der Waals surface area contributed by atoms with Crippen LogP contribution in [0.1, 0.15) is 5.56 Å². The van der Waals surface area contributed by atoms with Crippen LogP contribution >= 0.6 is 0 Å². The molecule has 0 aliphatic heterocycles. The van der Waals surface area contributed by atoms with Gasteiger partial charge >= 0.3 is 5.76 Å². The minimum atomic E-state index is -0.395. The number of aryl methyl sites for hydroxylation is 1. The first-order valence-electron chi connectivity index (χ1n) is 5.55. The molecule has 0 bridgehead atoms. The van der Waals surface area contributed by atoms with Crippen molar-refractivity contribution in [3.05, 3.63) is 34.3 Å². The summed E-state index contributed by atoms with van der Waals surface area (Å²) >= 11 is 0. The molecular formula is C12H15N3O3. The molecule has 96 valence electrons. The van der Waals surface area contributed by atoms with E-state index in [9.17, 15) is 9.59 Å². The highest BCUT2D eigenvalue weighted by molar-refractivity contribution is 5.78. The molecule has 0 saturated heterocycles. The van der Waals surface area contributed by atoms with Crippen LogP contribution in [-0.2, 0) is 18.4 Å². The van der Waals surface area contributed by atoms with Crippen LogP contribution in [-0.4, -0.2) is 29.0 Å². The lowest BCUT2D eigenvalue weighted by Gasteiger charge is -2.15. The Morgan fingerprint density at radius 2 is 2.22 bits per heavy atom. The zero-order valence-electron chi connectivity index (χ0n) is 10.3. The summed E-state index contributed by atoms with van der Waals surface area (Å²) in [4.78, 5) is 24.2. The lowest BCUT2D eigenvalue weighted by molar-refractivity contribution is -0.128. The first-order chi connectivity index (χ1) is 8.52. The van der Waals surface area contributed by atoms with Crippen molar-refractivity contribution in [2.45, 2.75) is 6.54 Å². The van der Waals surface area contributed by atoms with Crippen LogP contribution in [0.4, 0.5) is 0 Å². The van der Waals surface area contributed by atoms with Crippen LogP contribution in [0.5, 0.6) is 0 Å². The fraction of sp³-hybridized carbons (Fsp3) is 0.333. The molecule has 0 saturated carbocycles. The third-order valence-electron chi connectivity index (χ3n) is 2.88. The summed E-state index contributed by atoms with van der Waals surface area (Å²) in [6.45, 7) is 0.420. The van der Waals surface area contributed by atoms with Gasteiger partial charge in [-0.1, -0.05) is 6.07 Å². The fourth-order valence-electron chi connectivity index (χ4n) is 1.79. The number of aromatic nitrogens is 1. The van der Waals surface area contributed by atoms with Gasteiger partial charge in [0.2, 0.25) is 5.91 Å². The summed E-state index contributed by atoms with van der Waals surface area (Å²) in [5, 5.41) is 0. The molecule has 1 amide bonds. The molecule has 0 radical (unpaired) electrons. The number of nitrogens with two attached hydrogens (primary N) is 1. The first-order valence-corrected chi connectivity index (χ1v) is 5.55. The lowest BCUT2D eigenvalue weighted by atomic mass is 10.2. The Kier molecular flexibility index (Phi) is 3.20. The van der Waals surface area contributed by atoms with Crippen molar-refractivity contribution in [3.8, 4) is 0 Å². The van der Waals surface area contributed by atoms with Crippen molar-refractivity contribution >= 4 is 17.0 Å². The third kappa shape index (κ3) is 2.14. The Hall–Kier alpha value is -2.08. The van der Waals surface area contributed by atoms with E-state index < -0.39 is 5.76 Å². The standard InChI is InChI=1S/C12H15N3O3/c1-14(11(16)6-13)7-8-3-4-9-10(5-8)18-12(17)15(9)2/h3-5H,6-7,13H2,1-2H3. The van der Waals surface area contributed by atoms with Crippen molar-refractivity contribution in [1.82, 2.24) is 9.47 Å². The van der Waals surface area contributed by atoms with Gasteiger partial charge in [-0.15, -0.1) is 0 Å². The van der Waals surface area contributed by atoms with Gasteiger partial charge in [0, 0.05) is 20.6 Å². The molecule has 0 atom stereocenters. The Balaban J connectivity index is 2.31. The number of amides is 1. The maximum atomic E-state index is 11.4. The number of likely N-dealkylation sites (N-methyl/N-ethyl adjacent to an activating group) is 1. The maximum Gasteiger partial charge on any atom is 0.419 e. The van der Waals surface area contributed by atoms with E-state index in [1.165, 1.54) is 9.47 Å². The predicted molar refractivity (Wildman–Crippen MR) is 67.0 cm³/mol. The largest absolute Gasteiger partial charge is 0.419 e. The molecule has 0 aliphatic carbocycles. The molecule has 0 aliphatic rings. The Bertz CT molecular complexity index is 642. The van der Waals surface area contributed by atoms with E-state index in [0.29, 0.717) is 12.1 Å². The number of oxazole rings is 1. The number of nitrogens with zero attached hydrogens (tertiary/aromatic N) is 2. The highest BCUT2D eigenvalue weighted by atomic mass is 16.4. The zero-order chi connectivity index (χ0) is 13.3. The van der Waals surface area contributed by atoms with E-state index in [2.05, 4.69) is 0 Å². The molecule has 6 nitrogen and oxygen atoms in total. The molecule has 6 heteroatoms. The Morgan fingerprint density at radius 1 is 1.50 bits per heavy atom. The Labute approximate surface area is 104 Å². The van der Waals surface area contributed by atoms with Crippen LogP contribution in [0, 0.1) is 0 Å². The lowest BCUT2D eigenvalue weighted by Crippen LogP contribution is -2.32. The maximum absolute atomic E-state index is 11.4. The number of carbonyl (C=O) groups is 1. The number of benzene rings is 1. The molecule has 0 unspecified atom stereocenters. The van der Waals surface area contributed by atoms with Crippen molar-refractivity contribution in [3.63, 3.8) is 0 Å². The second-order valence-electron chi connectivity index (χ2n) is 4.18. The summed E-state index contributed by atoms with van der Waals surface area (Å²) < 4.78 is 6.53. The van der Waals surface area contributed by atoms with Gasteiger partial charge < -0.3 is 15.1 Å². The molecule has 0 fully saturated rings. The summed E-state index contributed by atoms with van der Waals surface area (Å²) in [6.07, 6.45) is 0. The highest BCUT2D eigenvalue weighted by Gasteiger charge is 2.10. The summed E-state index contributed by atoms with van der Waals surface area (Å²) in [6, 6.07) is 5.42. The van der Waals surface area contributed by atoms with Gasteiger partial charge in [0.05, 0.1) is 12.1 Å². The van der Waals surface area contributed by atoms with Gasteiger partial charge in [-0.2, -0.15) is 0 Å². The molecule has 2 aromatic rings. The fourth-order valence-corrected chi connectivity index (χ4v) is 1.79. The molecular weight excluding hydrogens is 234 g/mol. The SMILES string of the molecule is CN(Cc1ccc2c(c1)oc(=O)n2C)C(=O)CN. The summed E-state index contributed by atoms with van der Waals surface area (Å²) in [5.74, 6) is -0.529. The average molecular weight is 249 g/mol. The smallest absolute Gasteiger partial charge is 0.408 e. The number of fused-ring (bicyclic) bond motifs is 1. The van der Waals surface area contributed by atoms with E-state index in [4.69, 9.17) is 10.2 Å². The van der Waals surface area contributed by atoms with E-state index in [-0.39, 0.29) is 12.5 Å². The normalized spacial score (nSPS) is 10.8. The first kappa shape index (κ1) is 12.4. The summed E-state index contributed by atoms with van der Waals surface area (Å²) in [7, 11) is 3.33. The van der Waals surface area contributed by atoms with Gasteiger partial charge in [0.1, 0.15) is 0 Å². The van der Waals surface area contributed by atoms with Crippen molar-refractivity contribution in [2.75, 3.05) is 13.6 Å². The van der Waals surface area contributed by atoms with Crippen LogP contribution in [0.3, 0.4) is 0 Å². The third-order valence-corrected chi connectivity index (χ3v) is 2.88. The molecule has 2 N–H and O–H groups in total. The molecule has 18 heavy (non-hydrogen) atoms. The van der Waals surface area contributed by atoms with E-state index in [0.717, 1.165) is 11.1 Å². The molecule has 0 spiro atoms. The molecule has 1 aromatic heterocycles. The van der Waals surface area contributed by atoms with Crippen LogP contribution in [0.15, 0.2) is 27.4 Å². The van der Waals surface area contributed by atoms with Crippen LogP contribution in [0.2, 0.25) is 0 Å². The quantitative estimate of drug-likeness (QED) is 0.833. The van der Waals surface area contributed by atoms with Crippen molar-refractivity contribution in [2.24, 2.45) is 12.8 Å². The van der Waals surface area contributed by atoms with Crippen LogP contribution in [0.25, 0.3) is 11.1 Å². The van der Waals surface area contributed by atoms with Crippen molar-refractivity contribution in [1.29, 1.82) is 0 Å². The van der Waals surface area contributed by atoms with Gasteiger partial charge in [-0.3, -0.25) is 9.36 Å². The van der Waals surface area contributed by atoms with E-state index in [1.807, 2.05) is 6.07 Å². The molecule has 1 heterocycles. The van der Waals surface area contributed by atoms with Gasteiger partial charge in [0.15, 0.2) is 5.58 Å². The van der Waals surface area contributed by atoms with Gasteiger partial charge in [-0.05, 0) is 17.7 Å². The number of rotatable bonds is 3. The zero-order valence-corrected chi connectivity index (χ0v) is 10.3. The van der Waals surface area contributed by atoms with E-state index >= 15 is 0 Å². The number of hydrogen-bond acceptors (Lipinski definition) is 4. The molecule has 2 rings (SSSR count). The Morgan fingerprint density at radius 3 is 2.89 bits per heavy atom.